The lowest BCUT2D eigenvalue weighted by atomic mass is 10.2. The molecule has 0 aliphatic rings. The second-order valence-corrected chi connectivity index (χ2v) is 8.26. The molecule has 3 rings (SSSR count). The molecule has 28 heavy (non-hydrogen) atoms. The standard InChI is InChI=1S/C19H18FN5O2S/c1-3-12-24(13-15-4-6-16(20)7-5-15)14-19-21-22-23-25(19)17-8-10-18(11-9-17)28(2,26)27/h1,4-11H,12-14H2,2H3. The van der Waals surface area contributed by atoms with Gasteiger partial charge in [0.1, 0.15) is 5.82 Å². The summed E-state index contributed by atoms with van der Waals surface area (Å²) >= 11 is 0. The van der Waals surface area contributed by atoms with Crippen LogP contribution in [0.15, 0.2) is 53.4 Å². The Morgan fingerprint density at radius 1 is 1.11 bits per heavy atom. The quantitative estimate of drug-likeness (QED) is 0.564. The zero-order valence-corrected chi connectivity index (χ0v) is 16.0. The van der Waals surface area contributed by atoms with Crippen LogP contribution in [-0.4, -0.2) is 46.3 Å². The van der Waals surface area contributed by atoms with Gasteiger partial charge in [0.2, 0.25) is 0 Å². The minimum atomic E-state index is -3.28. The predicted molar refractivity (Wildman–Crippen MR) is 102 cm³/mol. The van der Waals surface area contributed by atoms with Gasteiger partial charge < -0.3 is 0 Å². The van der Waals surface area contributed by atoms with Crippen LogP contribution in [-0.2, 0) is 22.9 Å². The Morgan fingerprint density at radius 3 is 2.39 bits per heavy atom. The van der Waals surface area contributed by atoms with Crippen LogP contribution in [0, 0.1) is 18.2 Å². The lowest BCUT2D eigenvalue weighted by Gasteiger charge is -2.19. The minimum Gasteiger partial charge on any atom is -0.280 e. The SMILES string of the molecule is C#CCN(Cc1ccc(F)cc1)Cc1nnnn1-c1ccc(S(C)(=O)=O)cc1. The van der Waals surface area contributed by atoms with Gasteiger partial charge in [0.05, 0.1) is 23.7 Å². The first-order chi connectivity index (χ1) is 13.4. The number of tetrazole rings is 1. The molecule has 9 heteroatoms. The molecule has 3 aromatic rings. The van der Waals surface area contributed by atoms with Crippen molar-refractivity contribution in [2.45, 2.75) is 18.0 Å². The van der Waals surface area contributed by atoms with Crippen molar-refractivity contribution in [1.29, 1.82) is 0 Å². The number of benzene rings is 2. The Balaban J connectivity index is 1.81. The molecule has 0 saturated heterocycles. The highest BCUT2D eigenvalue weighted by Gasteiger charge is 2.15. The summed E-state index contributed by atoms with van der Waals surface area (Å²) in [7, 11) is -3.28. The summed E-state index contributed by atoms with van der Waals surface area (Å²) in [6.07, 6.45) is 6.63. The molecule has 0 spiro atoms. The topological polar surface area (TPSA) is 81.0 Å². The number of sulfone groups is 1. The summed E-state index contributed by atoms with van der Waals surface area (Å²) in [6.45, 7) is 1.23. The van der Waals surface area contributed by atoms with E-state index in [0.29, 0.717) is 31.1 Å². The van der Waals surface area contributed by atoms with Gasteiger partial charge in [-0.05, 0) is 52.4 Å². The van der Waals surface area contributed by atoms with Gasteiger partial charge >= 0.3 is 0 Å². The zero-order valence-electron chi connectivity index (χ0n) is 15.2. The highest BCUT2D eigenvalue weighted by Crippen LogP contribution is 2.15. The Kier molecular flexibility index (Phi) is 5.82. The van der Waals surface area contributed by atoms with Crippen molar-refractivity contribution < 1.29 is 12.8 Å². The van der Waals surface area contributed by atoms with Gasteiger partial charge in [-0.1, -0.05) is 18.1 Å². The summed E-state index contributed by atoms with van der Waals surface area (Å²) in [5, 5.41) is 11.8. The van der Waals surface area contributed by atoms with Crippen LogP contribution in [0.4, 0.5) is 4.39 Å². The summed E-state index contributed by atoms with van der Waals surface area (Å²) in [5.41, 5.74) is 1.54. The van der Waals surface area contributed by atoms with Crippen molar-refractivity contribution in [3.63, 3.8) is 0 Å². The van der Waals surface area contributed by atoms with Crippen LogP contribution in [0.1, 0.15) is 11.4 Å². The molecule has 0 unspecified atom stereocenters. The molecule has 2 aromatic carbocycles. The zero-order chi connectivity index (χ0) is 20.1. The number of rotatable bonds is 7. The molecule has 7 nitrogen and oxygen atoms in total. The van der Waals surface area contributed by atoms with E-state index in [1.165, 1.54) is 28.9 Å². The largest absolute Gasteiger partial charge is 0.280 e. The van der Waals surface area contributed by atoms with Crippen molar-refractivity contribution >= 4 is 9.84 Å². The monoisotopic (exact) mass is 399 g/mol. The maximum atomic E-state index is 13.1. The molecular formula is C19H18FN5O2S. The molecule has 0 amide bonds. The number of halogens is 1. The van der Waals surface area contributed by atoms with Crippen LogP contribution in [0.5, 0.6) is 0 Å². The van der Waals surface area contributed by atoms with Gasteiger partial charge in [-0.3, -0.25) is 4.90 Å². The fraction of sp³-hybridized carbons (Fsp3) is 0.211. The van der Waals surface area contributed by atoms with E-state index in [0.717, 1.165) is 11.8 Å². The van der Waals surface area contributed by atoms with Gasteiger partial charge in [0.15, 0.2) is 15.7 Å². The molecule has 1 heterocycles. The van der Waals surface area contributed by atoms with E-state index in [1.807, 2.05) is 4.90 Å². The third kappa shape index (κ3) is 4.79. The second kappa shape index (κ2) is 8.29. The Morgan fingerprint density at radius 2 is 1.79 bits per heavy atom. The lowest BCUT2D eigenvalue weighted by Crippen LogP contribution is -2.25. The maximum absolute atomic E-state index is 13.1. The van der Waals surface area contributed by atoms with E-state index >= 15 is 0 Å². The first-order valence-electron chi connectivity index (χ1n) is 8.35. The van der Waals surface area contributed by atoms with Crippen molar-refractivity contribution in [3.05, 3.63) is 65.7 Å². The highest BCUT2D eigenvalue weighted by molar-refractivity contribution is 7.90. The van der Waals surface area contributed by atoms with Crippen molar-refractivity contribution in [2.75, 3.05) is 12.8 Å². The normalized spacial score (nSPS) is 11.5. The Bertz CT molecular complexity index is 1090. The van der Waals surface area contributed by atoms with E-state index in [-0.39, 0.29) is 10.7 Å². The van der Waals surface area contributed by atoms with E-state index in [9.17, 15) is 12.8 Å². The van der Waals surface area contributed by atoms with Crippen LogP contribution in [0.2, 0.25) is 0 Å². The number of nitrogens with zero attached hydrogens (tertiary/aromatic N) is 5. The lowest BCUT2D eigenvalue weighted by molar-refractivity contribution is 0.280. The van der Waals surface area contributed by atoms with E-state index in [1.54, 1.807) is 24.3 Å². The molecule has 0 fully saturated rings. The smallest absolute Gasteiger partial charge is 0.175 e. The molecule has 0 N–H and O–H groups in total. The molecule has 0 radical (unpaired) electrons. The molecule has 0 aliphatic carbocycles. The van der Waals surface area contributed by atoms with Crippen molar-refractivity contribution in [3.8, 4) is 18.0 Å². The first-order valence-corrected chi connectivity index (χ1v) is 10.2. The highest BCUT2D eigenvalue weighted by atomic mass is 32.2. The number of hydrogen-bond acceptors (Lipinski definition) is 6. The summed E-state index contributed by atoms with van der Waals surface area (Å²) < 4.78 is 37.9. The number of terminal acetylenes is 1. The summed E-state index contributed by atoms with van der Waals surface area (Å²) in [6, 6.07) is 12.5. The summed E-state index contributed by atoms with van der Waals surface area (Å²) in [5.74, 6) is 2.85. The molecule has 0 saturated carbocycles. The van der Waals surface area contributed by atoms with Gasteiger partial charge in [-0.2, -0.15) is 4.68 Å². The molecule has 144 valence electrons. The molecular weight excluding hydrogens is 381 g/mol. The molecule has 0 bridgehead atoms. The van der Waals surface area contributed by atoms with Crippen LogP contribution in [0.25, 0.3) is 5.69 Å². The first kappa shape index (κ1) is 19.7. The van der Waals surface area contributed by atoms with Crippen molar-refractivity contribution in [2.24, 2.45) is 0 Å². The van der Waals surface area contributed by atoms with E-state index in [4.69, 9.17) is 6.42 Å². The fourth-order valence-corrected chi connectivity index (χ4v) is 3.31. The van der Waals surface area contributed by atoms with E-state index < -0.39 is 9.84 Å². The molecule has 0 aliphatic heterocycles. The van der Waals surface area contributed by atoms with Gasteiger partial charge in [0, 0.05) is 12.8 Å². The Hall–Kier alpha value is -3.09. The summed E-state index contributed by atoms with van der Waals surface area (Å²) in [4.78, 5) is 2.16. The van der Waals surface area contributed by atoms with Gasteiger partial charge in [0.25, 0.3) is 0 Å². The minimum absolute atomic E-state index is 0.219. The average Bonchev–Trinajstić information content (AvgIpc) is 3.11. The Labute approximate surface area is 162 Å². The molecule has 0 atom stereocenters. The third-order valence-corrected chi connectivity index (χ3v) is 5.17. The van der Waals surface area contributed by atoms with Gasteiger partial charge in [-0.25, -0.2) is 12.8 Å². The number of aromatic nitrogens is 4. The van der Waals surface area contributed by atoms with E-state index in [2.05, 4.69) is 21.4 Å². The van der Waals surface area contributed by atoms with Crippen LogP contribution in [0.3, 0.4) is 0 Å². The average molecular weight is 399 g/mol. The van der Waals surface area contributed by atoms with Crippen molar-refractivity contribution in [1.82, 2.24) is 25.1 Å². The predicted octanol–water partition coefficient (Wildman–Crippen LogP) is 1.84. The van der Waals surface area contributed by atoms with Gasteiger partial charge in [-0.15, -0.1) is 11.5 Å². The fourth-order valence-electron chi connectivity index (χ4n) is 2.68. The molecule has 1 aromatic heterocycles. The maximum Gasteiger partial charge on any atom is 0.175 e. The number of hydrogen-bond donors (Lipinski definition) is 0. The second-order valence-electron chi connectivity index (χ2n) is 6.25. The van der Waals surface area contributed by atoms with Crippen LogP contribution >= 0.6 is 0 Å². The van der Waals surface area contributed by atoms with Crippen LogP contribution < -0.4 is 0 Å². The third-order valence-electron chi connectivity index (χ3n) is 4.04.